The van der Waals surface area contributed by atoms with E-state index in [9.17, 15) is 4.79 Å². The molecule has 1 aromatic rings. The number of benzene rings is 1. The van der Waals surface area contributed by atoms with Crippen molar-refractivity contribution >= 4 is 11.6 Å². The van der Waals surface area contributed by atoms with Gasteiger partial charge in [0.1, 0.15) is 0 Å². The van der Waals surface area contributed by atoms with Gasteiger partial charge in [0, 0.05) is 18.8 Å². The number of hydrogen-bond donors (Lipinski definition) is 2. The van der Waals surface area contributed by atoms with Crippen molar-refractivity contribution in [2.75, 3.05) is 38.0 Å². The molecule has 2 saturated heterocycles. The molecule has 22 heavy (non-hydrogen) atoms. The molecule has 0 saturated carbocycles. The first-order valence-corrected chi connectivity index (χ1v) is 8.43. The smallest absolute Gasteiger partial charge is 0.238 e. The van der Waals surface area contributed by atoms with Crippen molar-refractivity contribution in [2.45, 2.75) is 33.1 Å². The van der Waals surface area contributed by atoms with E-state index in [-0.39, 0.29) is 5.91 Å². The largest absolute Gasteiger partial charge is 0.324 e. The first-order valence-electron chi connectivity index (χ1n) is 8.43. The molecule has 1 amide bonds. The Kier molecular flexibility index (Phi) is 4.50. The van der Waals surface area contributed by atoms with Crippen molar-refractivity contribution in [3.63, 3.8) is 0 Å². The fourth-order valence-corrected chi connectivity index (χ4v) is 3.89. The van der Waals surface area contributed by atoms with Gasteiger partial charge in [0.15, 0.2) is 0 Å². The monoisotopic (exact) mass is 301 g/mol. The van der Waals surface area contributed by atoms with Crippen LogP contribution in [0.5, 0.6) is 0 Å². The normalized spacial score (nSPS) is 25.0. The lowest BCUT2D eigenvalue weighted by Crippen LogP contribution is -2.34. The van der Waals surface area contributed by atoms with Crippen LogP contribution >= 0.6 is 0 Å². The third-order valence-electron chi connectivity index (χ3n) is 5.22. The Morgan fingerprint density at radius 2 is 2.27 bits per heavy atom. The number of rotatable bonds is 4. The SMILES string of the molecule is CCc1cccc(C)c1NC(=O)CN1CCC2(CCNC2)C1. The van der Waals surface area contributed by atoms with Gasteiger partial charge in [-0.05, 0) is 55.8 Å². The second-order valence-electron chi connectivity index (χ2n) is 6.90. The molecule has 4 nitrogen and oxygen atoms in total. The Labute approximate surface area is 133 Å². The van der Waals surface area contributed by atoms with Crippen molar-refractivity contribution in [2.24, 2.45) is 5.41 Å². The molecule has 1 atom stereocenters. The molecule has 0 bridgehead atoms. The van der Waals surface area contributed by atoms with Gasteiger partial charge in [-0.3, -0.25) is 9.69 Å². The molecule has 2 aliphatic rings. The lowest BCUT2D eigenvalue weighted by molar-refractivity contribution is -0.117. The van der Waals surface area contributed by atoms with E-state index in [0.29, 0.717) is 12.0 Å². The van der Waals surface area contributed by atoms with Gasteiger partial charge in [-0.2, -0.15) is 0 Å². The Morgan fingerprint density at radius 3 is 3.00 bits per heavy atom. The summed E-state index contributed by atoms with van der Waals surface area (Å²) in [5.74, 6) is 0.118. The summed E-state index contributed by atoms with van der Waals surface area (Å²) in [6.45, 7) is 9.04. The van der Waals surface area contributed by atoms with Crippen LogP contribution in [0.3, 0.4) is 0 Å². The Morgan fingerprint density at radius 1 is 1.41 bits per heavy atom. The molecule has 4 heteroatoms. The van der Waals surface area contributed by atoms with Crippen LogP contribution in [0.1, 0.15) is 30.9 Å². The maximum Gasteiger partial charge on any atom is 0.238 e. The number of carbonyl (C=O) groups is 1. The summed E-state index contributed by atoms with van der Waals surface area (Å²) in [5, 5.41) is 6.60. The van der Waals surface area contributed by atoms with Crippen LogP contribution in [0.15, 0.2) is 18.2 Å². The summed E-state index contributed by atoms with van der Waals surface area (Å²) >= 11 is 0. The zero-order valence-corrected chi connectivity index (χ0v) is 13.7. The lowest BCUT2D eigenvalue weighted by atomic mass is 9.87. The van der Waals surface area contributed by atoms with Crippen LogP contribution in [-0.2, 0) is 11.2 Å². The predicted octanol–water partition coefficient (Wildman–Crippen LogP) is 2.18. The number of hydrogen-bond acceptors (Lipinski definition) is 3. The van der Waals surface area contributed by atoms with Gasteiger partial charge in [0.2, 0.25) is 5.91 Å². The van der Waals surface area contributed by atoms with Crippen LogP contribution in [0.4, 0.5) is 5.69 Å². The molecule has 0 aliphatic carbocycles. The average Bonchev–Trinajstić information content (AvgIpc) is 3.11. The van der Waals surface area contributed by atoms with E-state index < -0.39 is 0 Å². The van der Waals surface area contributed by atoms with E-state index in [0.717, 1.165) is 43.9 Å². The zero-order chi connectivity index (χ0) is 15.6. The van der Waals surface area contributed by atoms with Crippen molar-refractivity contribution < 1.29 is 4.79 Å². The molecule has 1 aromatic carbocycles. The van der Waals surface area contributed by atoms with Gasteiger partial charge in [-0.1, -0.05) is 25.1 Å². The highest BCUT2D eigenvalue weighted by Gasteiger charge is 2.40. The molecular weight excluding hydrogens is 274 g/mol. The van der Waals surface area contributed by atoms with Gasteiger partial charge >= 0.3 is 0 Å². The van der Waals surface area contributed by atoms with Gasteiger partial charge < -0.3 is 10.6 Å². The number of aryl methyl sites for hydroxylation is 2. The third-order valence-corrected chi connectivity index (χ3v) is 5.22. The summed E-state index contributed by atoms with van der Waals surface area (Å²) in [7, 11) is 0. The fourth-order valence-electron chi connectivity index (χ4n) is 3.89. The molecule has 2 fully saturated rings. The highest BCUT2D eigenvalue weighted by molar-refractivity contribution is 5.93. The van der Waals surface area contributed by atoms with Crippen molar-refractivity contribution in [1.82, 2.24) is 10.2 Å². The van der Waals surface area contributed by atoms with E-state index in [1.54, 1.807) is 0 Å². The highest BCUT2D eigenvalue weighted by atomic mass is 16.2. The number of anilines is 1. The summed E-state index contributed by atoms with van der Waals surface area (Å²) < 4.78 is 0. The van der Waals surface area contributed by atoms with Gasteiger partial charge in [-0.25, -0.2) is 0 Å². The third kappa shape index (κ3) is 3.18. The Bertz CT molecular complexity index is 549. The van der Waals surface area contributed by atoms with Crippen LogP contribution in [0.2, 0.25) is 0 Å². The molecule has 2 N–H and O–H groups in total. The minimum Gasteiger partial charge on any atom is -0.324 e. The minimum atomic E-state index is 0.118. The second kappa shape index (κ2) is 6.39. The quantitative estimate of drug-likeness (QED) is 0.896. The Balaban J connectivity index is 1.59. The second-order valence-corrected chi connectivity index (χ2v) is 6.90. The lowest BCUT2D eigenvalue weighted by Gasteiger charge is -2.22. The van der Waals surface area contributed by atoms with E-state index in [2.05, 4.69) is 47.6 Å². The molecule has 2 heterocycles. The van der Waals surface area contributed by atoms with E-state index >= 15 is 0 Å². The molecule has 120 valence electrons. The van der Waals surface area contributed by atoms with Gasteiger partial charge in [-0.15, -0.1) is 0 Å². The zero-order valence-electron chi connectivity index (χ0n) is 13.7. The molecule has 0 radical (unpaired) electrons. The van der Waals surface area contributed by atoms with E-state index in [1.165, 1.54) is 18.4 Å². The van der Waals surface area contributed by atoms with Gasteiger partial charge in [0.25, 0.3) is 0 Å². The molecule has 3 rings (SSSR count). The molecule has 2 aliphatic heterocycles. The summed E-state index contributed by atoms with van der Waals surface area (Å²) in [4.78, 5) is 14.7. The maximum absolute atomic E-state index is 12.4. The fraction of sp³-hybridized carbons (Fsp3) is 0.611. The first kappa shape index (κ1) is 15.5. The topological polar surface area (TPSA) is 44.4 Å². The van der Waals surface area contributed by atoms with Crippen molar-refractivity contribution in [1.29, 1.82) is 0 Å². The van der Waals surface area contributed by atoms with Crippen LogP contribution in [-0.4, -0.2) is 43.5 Å². The standard InChI is InChI=1S/C18H27N3O/c1-3-15-6-4-5-14(2)17(15)20-16(22)11-21-10-8-18(13-21)7-9-19-12-18/h4-6,19H,3,7-13H2,1-2H3,(H,20,22). The average molecular weight is 301 g/mol. The summed E-state index contributed by atoms with van der Waals surface area (Å²) in [6.07, 6.45) is 3.41. The van der Waals surface area contributed by atoms with Gasteiger partial charge in [0.05, 0.1) is 6.54 Å². The Hall–Kier alpha value is -1.39. The van der Waals surface area contributed by atoms with Crippen molar-refractivity contribution in [3.8, 4) is 0 Å². The maximum atomic E-state index is 12.4. The van der Waals surface area contributed by atoms with Crippen molar-refractivity contribution in [3.05, 3.63) is 29.3 Å². The number of nitrogens with one attached hydrogen (secondary N) is 2. The molecule has 1 unspecified atom stereocenters. The minimum absolute atomic E-state index is 0.118. The number of amides is 1. The number of para-hydroxylation sites is 1. The van der Waals surface area contributed by atoms with E-state index in [1.807, 2.05) is 0 Å². The number of nitrogens with zero attached hydrogens (tertiary/aromatic N) is 1. The first-order chi connectivity index (χ1) is 10.6. The summed E-state index contributed by atoms with van der Waals surface area (Å²) in [5.41, 5.74) is 3.79. The molecule has 0 aromatic heterocycles. The summed E-state index contributed by atoms with van der Waals surface area (Å²) in [6, 6.07) is 6.21. The van der Waals surface area contributed by atoms with Crippen LogP contribution in [0, 0.1) is 12.3 Å². The van der Waals surface area contributed by atoms with E-state index in [4.69, 9.17) is 0 Å². The molecular formula is C18H27N3O. The predicted molar refractivity (Wildman–Crippen MR) is 90.2 cm³/mol. The van der Waals surface area contributed by atoms with Crippen LogP contribution < -0.4 is 10.6 Å². The highest BCUT2D eigenvalue weighted by Crippen LogP contribution is 2.35. The molecule has 1 spiro atoms. The number of carbonyl (C=O) groups excluding carboxylic acids is 1. The van der Waals surface area contributed by atoms with Crippen LogP contribution in [0.25, 0.3) is 0 Å². The number of likely N-dealkylation sites (tertiary alicyclic amines) is 1.